The molecule has 0 bridgehead atoms. The van der Waals surface area contributed by atoms with Crippen molar-refractivity contribution in [3.8, 4) is 18.1 Å². The van der Waals surface area contributed by atoms with E-state index in [0.29, 0.717) is 0 Å². The van der Waals surface area contributed by atoms with Crippen LogP contribution in [0.2, 0.25) is 0 Å². The number of carbonyl (C=O) groups excluding carboxylic acids is 1. The lowest BCUT2D eigenvalue weighted by molar-refractivity contribution is -0.253. The molecule has 0 radical (unpaired) electrons. The van der Waals surface area contributed by atoms with Gasteiger partial charge in [-0.2, -0.15) is 17.6 Å². The van der Waals surface area contributed by atoms with E-state index in [-0.39, 0.29) is 12.2 Å². The molecule has 1 aromatic rings. The predicted molar refractivity (Wildman–Crippen MR) is 63.9 cm³/mol. The molecule has 0 atom stereocenters. The minimum Gasteiger partial charge on any atom is -0.428 e. The number of hydrogen-bond acceptors (Lipinski definition) is 2. The number of terminal acetylenes is 1. The Bertz CT molecular complexity index is 514. The number of halogens is 4. The second-order valence-corrected chi connectivity index (χ2v) is 3.50. The lowest BCUT2D eigenvalue weighted by Gasteiger charge is -2.17. The van der Waals surface area contributed by atoms with Gasteiger partial charge in [0, 0.05) is 11.8 Å². The molecule has 1 rings (SSSR count). The Morgan fingerprint density at radius 3 is 2.75 bits per heavy atom. The van der Waals surface area contributed by atoms with Gasteiger partial charge in [-0.3, -0.25) is 0 Å². The number of hydrogen-bond donors (Lipinski definition) is 2. The number of alkyl halides is 4. The summed E-state index contributed by atoms with van der Waals surface area (Å²) < 4.78 is 53.2. The monoisotopic (exact) mass is 290 g/mol. The third-order valence-corrected chi connectivity index (χ3v) is 1.95. The Hall–Kier alpha value is -2.43. The summed E-state index contributed by atoms with van der Waals surface area (Å²) >= 11 is 0. The quantitative estimate of drug-likeness (QED) is 0.647. The highest BCUT2D eigenvalue weighted by Crippen LogP contribution is 2.28. The minimum atomic E-state index is -4.61. The maximum absolute atomic E-state index is 12.7. The van der Waals surface area contributed by atoms with E-state index in [4.69, 9.17) is 6.42 Å². The number of amides is 2. The first-order valence-electron chi connectivity index (χ1n) is 5.28. The van der Waals surface area contributed by atoms with Crippen LogP contribution in [0.4, 0.5) is 28.0 Å². The van der Waals surface area contributed by atoms with E-state index in [9.17, 15) is 22.4 Å². The Labute approximate surface area is 112 Å². The van der Waals surface area contributed by atoms with Gasteiger partial charge in [0.1, 0.15) is 5.75 Å². The molecular formula is C12H10F4N2O2. The van der Waals surface area contributed by atoms with Crippen LogP contribution in [0.3, 0.4) is 0 Å². The second kappa shape index (κ2) is 6.65. The minimum absolute atomic E-state index is 0.0223. The van der Waals surface area contributed by atoms with Gasteiger partial charge < -0.3 is 15.4 Å². The van der Waals surface area contributed by atoms with E-state index in [1.165, 1.54) is 12.1 Å². The molecule has 0 saturated carbocycles. The summed E-state index contributed by atoms with van der Waals surface area (Å²) in [6, 6.07) is 3.99. The van der Waals surface area contributed by atoms with Gasteiger partial charge in [-0.25, -0.2) is 4.79 Å². The zero-order chi connectivity index (χ0) is 15.2. The molecule has 0 aliphatic rings. The van der Waals surface area contributed by atoms with E-state index in [0.717, 1.165) is 12.1 Å². The van der Waals surface area contributed by atoms with Crippen LogP contribution in [-0.4, -0.2) is 25.1 Å². The van der Waals surface area contributed by atoms with Crippen LogP contribution in [0, 0.1) is 12.3 Å². The van der Waals surface area contributed by atoms with Crippen LogP contribution in [0.15, 0.2) is 24.3 Å². The molecule has 8 heteroatoms. The highest BCUT2D eigenvalue weighted by molar-refractivity contribution is 5.89. The number of ether oxygens (including phenoxy) is 1. The van der Waals surface area contributed by atoms with Crippen LogP contribution >= 0.6 is 0 Å². The number of anilines is 1. The molecule has 0 spiro atoms. The van der Waals surface area contributed by atoms with Crippen molar-refractivity contribution in [1.29, 1.82) is 0 Å². The highest BCUT2D eigenvalue weighted by atomic mass is 19.3. The van der Waals surface area contributed by atoms with Gasteiger partial charge in [-0.15, -0.1) is 6.42 Å². The van der Waals surface area contributed by atoms with Crippen molar-refractivity contribution in [2.24, 2.45) is 0 Å². The molecule has 0 aliphatic carbocycles. The second-order valence-electron chi connectivity index (χ2n) is 3.50. The molecule has 0 heterocycles. The lowest BCUT2D eigenvalue weighted by Crippen LogP contribution is -2.33. The number of nitrogens with one attached hydrogen (secondary N) is 2. The molecule has 0 saturated heterocycles. The van der Waals surface area contributed by atoms with Crippen molar-refractivity contribution < 1.29 is 27.1 Å². The Balaban J connectivity index is 2.72. The third-order valence-electron chi connectivity index (χ3n) is 1.95. The van der Waals surface area contributed by atoms with Crippen LogP contribution in [0.1, 0.15) is 0 Å². The predicted octanol–water partition coefficient (Wildman–Crippen LogP) is 2.68. The molecular weight excluding hydrogens is 280 g/mol. The van der Waals surface area contributed by atoms with Crippen molar-refractivity contribution in [2.75, 3.05) is 11.9 Å². The summed E-state index contributed by atoms with van der Waals surface area (Å²) in [5.74, 6) is 1.65. The van der Waals surface area contributed by atoms with Crippen molar-refractivity contribution >= 4 is 11.7 Å². The van der Waals surface area contributed by atoms with Crippen molar-refractivity contribution in [2.45, 2.75) is 12.5 Å². The van der Waals surface area contributed by atoms with Gasteiger partial charge in [0.05, 0.1) is 6.54 Å². The molecule has 0 aromatic heterocycles. The third kappa shape index (κ3) is 4.68. The van der Waals surface area contributed by atoms with Gasteiger partial charge in [-0.1, -0.05) is 12.0 Å². The normalized spacial score (nSPS) is 10.8. The summed E-state index contributed by atoms with van der Waals surface area (Å²) in [4.78, 5) is 11.2. The number of rotatable bonds is 5. The van der Waals surface area contributed by atoms with Gasteiger partial charge in [0.15, 0.2) is 0 Å². The Kier molecular flexibility index (Phi) is 5.20. The fourth-order valence-corrected chi connectivity index (χ4v) is 1.15. The summed E-state index contributed by atoms with van der Waals surface area (Å²) in [5.41, 5.74) is 0.0853. The van der Waals surface area contributed by atoms with E-state index in [1.807, 2.05) is 0 Å². The van der Waals surface area contributed by atoms with Crippen molar-refractivity contribution in [1.82, 2.24) is 5.32 Å². The van der Waals surface area contributed by atoms with Crippen LogP contribution in [0.25, 0.3) is 0 Å². The zero-order valence-electron chi connectivity index (χ0n) is 10.00. The zero-order valence-corrected chi connectivity index (χ0v) is 10.00. The van der Waals surface area contributed by atoms with Crippen LogP contribution in [0.5, 0.6) is 5.75 Å². The average Bonchev–Trinajstić information content (AvgIpc) is 2.36. The summed E-state index contributed by atoms with van der Waals surface area (Å²) in [5, 5.41) is 4.55. The van der Waals surface area contributed by atoms with Gasteiger partial charge in [-0.05, 0) is 12.1 Å². The molecule has 0 aliphatic heterocycles. The number of carbonyl (C=O) groups is 1. The summed E-state index contributed by atoms with van der Waals surface area (Å²) in [6.45, 7) is -0.0223. The maximum Gasteiger partial charge on any atom is 0.461 e. The SMILES string of the molecule is C#CCNC(=O)Nc1cccc(OC(F)(F)C(F)F)c1. The molecule has 0 fully saturated rings. The molecule has 1 aromatic carbocycles. The van der Waals surface area contributed by atoms with Crippen LogP contribution in [-0.2, 0) is 0 Å². The molecule has 0 unspecified atom stereocenters. The van der Waals surface area contributed by atoms with E-state index >= 15 is 0 Å². The average molecular weight is 290 g/mol. The van der Waals surface area contributed by atoms with Gasteiger partial charge in [0.2, 0.25) is 0 Å². The first-order chi connectivity index (χ1) is 9.35. The lowest BCUT2D eigenvalue weighted by atomic mass is 10.3. The largest absolute Gasteiger partial charge is 0.461 e. The van der Waals surface area contributed by atoms with Crippen molar-refractivity contribution in [3.05, 3.63) is 24.3 Å². The fraction of sp³-hybridized carbons (Fsp3) is 0.250. The number of benzene rings is 1. The van der Waals surface area contributed by atoms with E-state index < -0.39 is 24.3 Å². The van der Waals surface area contributed by atoms with Gasteiger partial charge in [0.25, 0.3) is 0 Å². The van der Waals surface area contributed by atoms with Gasteiger partial charge >= 0.3 is 18.6 Å². The van der Waals surface area contributed by atoms with Crippen LogP contribution < -0.4 is 15.4 Å². The Morgan fingerprint density at radius 1 is 1.45 bits per heavy atom. The number of urea groups is 1. The van der Waals surface area contributed by atoms with E-state index in [1.54, 1.807) is 0 Å². The standard InChI is InChI=1S/C12H10F4N2O2/c1-2-6-17-11(19)18-8-4-3-5-9(7-8)20-12(15,16)10(13)14/h1,3-5,7,10H,6H2,(H2,17,18,19). The first-order valence-corrected chi connectivity index (χ1v) is 5.28. The summed E-state index contributed by atoms with van der Waals surface area (Å²) in [7, 11) is 0. The fourth-order valence-electron chi connectivity index (χ4n) is 1.15. The first kappa shape index (κ1) is 15.6. The molecule has 2 amide bonds. The smallest absolute Gasteiger partial charge is 0.428 e. The van der Waals surface area contributed by atoms with E-state index in [2.05, 4.69) is 21.3 Å². The Morgan fingerprint density at radius 2 is 2.15 bits per heavy atom. The molecule has 4 nitrogen and oxygen atoms in total. The molecule has 108 valence electrons. The topological polar surface area (TPSA) is 50.4 Å². The highest BCUT2D eigenvalue weighted by Gasteiger charge is 2.43. The van der Waals surface area contributed by atoms with Crippen molar-refractivity contribution in [3.63, 3.8) is 0 Å². The summed E-state index contributed by atoms with van der Waals surface area (Å²) in [6.07, 6.45) is -3.64. The maximum atomic E-state index is 12.7. The molecule has 20 heavy (non-hydrogen) atoms. The molecule has 2 N–H and O–H groups in total.